The molecular formula is C14H11BrN2OS. The maximum Gasteiger partial charge on any atom is 0.222 e. The van der Waals surface area contributed by atoms with Crippen LogP contribution in [-0.2, 0) is 6.54 Å². The molecule has 0 bridgehead atoms. The summed E-state index contributed by atoms with van der Waals surface area (Å²) in [6, 6.07) is 9.97. The standard InChI is InChI=1S/C14H11BrN2OS/c1-2-17-13(10(15)8-16-17)14(18)12-7-9-5-3-4-6-11(9)19-12/h3-8H,2H2,1H3. The smallest absolute Gasteiger partial charge is 0.222 e. The predicted octanol–water partition coefficient (Wildman–Crippen LogP) is 4.11. The van der Waals surface area contributed by atoms with Crippen molar-refractivity contribution in [3.63, 3.8) is 0 Å². The van der Waals surface area contributed by atoms with Gasteiger partial charge in [0.1, 0.15) is 5.69 Å². The molecule has 0 aliphatic rings. The van der Waals surface area contributed by atoms with Gasteiger partial charge in [-0.15, -0.1) is 11.3 Å². The van der Waals surface area contributed by atoms with E-state index in [1.165, 1.54) is 11.3 Å². The van der Waals surface area contributed by atoms with Crippen LogP contribution in [0.25, 0.3) is 10.1 Å². The van der Waals surface area contributed by atoms with Gasteiger partial charge in [-0.1, -0.05) is 18.2 Å². The van der Waals surface area contributed by atoms with Crippen LogP contribution < -0.4 is 0 Å². The number of halogens is 1. The third-order valence-electron chi connectivity index (χ3n) is 2.96. The Labute approximate surface area is 123 Å². The average molecular weight is 335 g/mol. The van der Waals surface area contributed by atoms with E-state index in [0.717, 1.165) is 19.4 Å². The summed E-state index contributed by atoms with van der Waals surface area (Å²) in [6.45, 7) is 2.65. The topological polar surface area (TPSA) is 34.9 Å². The number of rotatable bonds is 3. The van der Waals surface area contributed by atoms with E-state index in [-0.39, 0.29) is 5.78 Å². The number of hydrogen-bond donors (Lipinski definition) is 0. The zero-order chi connectivity index (χ0) is 13.4. The first kappa shape index (κ1) is 12.6. The van der Waals surface area contributed by atoms with Crippen molar-refractivity contribution in [2.24, 2.45) is 0 Å². The number of nitrogens with zero attached hydrogens (tertiary/aromatic N) is 2. The van der Waals surface area contributed by atoms with Gasteiger partial charge in [-0.3, -0.25) is 9.48 Å². The zero-order valence-corrected chi connectivity index (χ0v) is 12.7. The molecule has 0 saturated heterocycles. The number of aryl methyl sites for hydroxylation is 1. The van der Waals surface area contributed by atoms with Crippen molar-refractivity contribution in [2.75, 3.05) is 0 Å². The molecule has 0 saturated carbocycles. The van der Waals surface area contributed by atoms with Crippen LogP contribution in [0, 0.1) is 0 Å². The van der Waals surface area contributed by atoms with Crippen molar-refractivity contribution in [3.05, 3.63) is 51.6 Å². The first-order chi connectivity index (χ1) is 9.20. The summed E-state index contributed by atoms with van der Waals surface area (Å²) in [5.41, 5.74) is 0.619. The summed E-state index contributed by atoms with van der Waals surface area (Å²) in [5.74, 6) is 0.0208. The van der Waals surface area contributed by atoms with E-state index in [9.17, 15) is 4.79 Å². The number of benzene rings is 1. The third-order valence-corrected chi connectivity index (χ3v) is 4.65. The first-order valence-corrected chi connectivity index (χ1v) is 7.56. The van der Waals surface area contributed by atoms with E-state index in [4.69, 9.17) is 0 Å². The Morgan fingerprint density at radius 1 is 1.42 bits per heavy atom. The molecule has 0 spiro atoms. The highest BCUT2D eigenvalue weighted by atomic mass is 79.9. The van der Waals surface area contributed by atoms with Crippen molar-refractivity contribution in [1.29, 1.82) is 0 Å². The summed E-state index contributed by atoms with van der Waals surface area (Å²) in [4.78, 5) is 13.3. The third kappa shape index (κ3) is 2.13. The highest BCUT2D eigenvalue weighted by Crippen LogP contribution is 2.29. The van der Waals surface area contributed by atoms with Crippen LogP contribution in [0.3, 0.4) is 0 Å². The van der Waals surface area contributed by atoms with Gasteiger partial charge in [0.2, 0.25) is 5.78 Å². The SMILES string of the molecule is CCn1ncc(Br)c1C(=O)c1cc2ccccc2s1. The maximum atomic E-state index is 12.6. The van der Waals surface area contributed by atoms with Crippen molar-refractivity contribution in [3.8, 4) is 0 Å². The highest BCUT2D eigenvalue weighted by molar-refractivity contribution is 9.10. The second-order valence-electron chi connectivity index (χ2n) is 4.13. The largest absolute Gasteiger partial charge is 0.286 e. The van der Waals surface area contributed by atoms with Crippen molar-refractivity contribution >= 4 is 43.1 Å². The van der Waals surface area contributed by atoms with Gasteiger partial charge in [-0.2, -0.15) is 5.10 Å². The monoisotopic (exact) mass is 334 g/mol. The molecule has 3 nitrogen and oxygen atoms in total. The number of thiophene rings is 1. The van der Waals surface area contributed by atoms with Crippen LogP contribution in [0.5, 0.6) is 0 Å². The lowest BCUT2D eigenvalue weighted by molar-refractivity contribution is 0.103. The van der Waals surface area contributed by atoms with E-state index in [0.29, 0.717) is 12.2 Å². The maximum absolute atomic E-state index is 12.6. The second-order valence-corrected chi connectivity index (χ2v) is 6.07. The molecule has 19 heavy (non-hydrogen) atoms. The number of aromatic nitrogens is 2. The Balaban J connectivity index is 2.10. The summed E-state index contributed by atoms with van der Waals surface area (Å²) in [6.07, 6.45) is 1.67. The summed E-state index contributed by atoms with van der Waals surface area (Å²) >= 11 is 4.92. The Hall–Kier alpha value is -1.46. The fraction of sp³-hybridized carbons (Fsp3) is 0.143. The molecule has 0 N–H and O–H groups in total. The molecule has 1 aromatic carbocycles. The normalized spacial score (nSPS) is 11.1. The summed E-state index contributed by atoms with van der Waals surface area (Å²) < 4.78 is 3.60. The van der Waals surface area contributed by atoms with Gasteiger partial charge < -0.3 is 0 Å². The molecule has 96 valence electrons. The van der Waals surface area contributed by atoms with Gasteiger partial charge in [0.25, 0.3) is 0 Å². The quantitative estimate of drug-likeness (QED) is 0.675. The van der Waals surface area contributed by atoms with Crippen LogP contribution in [-0.4, -0.2) is 15.6 Å². The lowest BCUT2D eigenvalue weighted by atomic mass is 10.2. The van der Waals surface area contributed by atoms with E-state index >= 15 is 0 Å². The average Bonchev–Trinajstić information content (AvgIpc) is 3.01. The molecule has 3 rings (SSSR count). The number of carbonyl (C=O) groups is 1. The van der Waals surface area contributed by atoms with Crippen molar-refractivity contribution in [2.45, 2.75) is 13.5 Å². The molecule has 0 fully saturated rings. The molecule has 2 aromatic heterocycles. The summed E-state index contributed by atoms with van der Waals surface area (Å²) in [5, 5.41) is 5.29. The van der Waals surface area contributed by atoms with Crippen LogP contribution in [0.15, 0.2) is 41.0 Å². The van der Waals surface area contributed by atoms with E-state index in [2.05, 4.69) is 21.0 Å². The predicted molar refractivity (Wildman–Crippen MR) is 80.9 cm³/mol. The minimum Gasteiger partial charge on any atom is -0.286 e. The van der Waals surface area contributed by atoms with Crippen LogP contribution in [0.2, 0.25) is 0 Å². The molecule has 0 unspecified atom stereocenters. The van der Waals surface area contributed by atoms with Gasteiger partial charge in [0, 0.05) is 11.2 Å². The number of fused-ring (bicyclic) bond motifs is 1. The fourth-order valence-corrected chi connectivity index (χ4v) is 3.52. The van der Waals surface area contributed by atoms with Crippen molar-refractivity contribution in [1.82, 2.24) is 9.78 Å². The highest BCUT2D eigenvalue weighted by Gasteiger charge is 2.20. The Kier molecular flexibility index (Phi) is 3.24. The van der Waals surface area contributed by atoms with Gasteiger partial charge in [-0.25, -0.2) is 0 Å². The van der Waals surface area contributed by atoms with Gasteiger partial charge >= 0.3 is 0 Å². The van der Waals surface area contributed by atoms with Gasteiger partial charge in [0.15, 0.2) is 0 Å². The fourth-order valence-electron chi connectivity index (χ4n) is 2.04. The van der Waals surface area contributed by atoms with Crippen LogP contribution in [0.1, 0.15) is 22.3 Å². The molecule has 0 atom stereocenters. The second kappa shape index (κ2) is 4.90. The van der Waals surface area contributed by atoms with E-state index in [1.54, 1.807) is 10.9 Å². The van der Waals surface area contributed by atoms with E-state index in [1.807, 2.05) is 37.3 Å². The molecule has 0 aliphatic carbocycles. The molecular weight excluding hydrogens is 324 g/mol. The summed E-state index contributed by atoms with van der Waals surface area (Å²) in [7, 11) is 0. The van der Waals surface area contributed by atoms with Gasteiger partial charge in [0.05, 0.1) is 15.5 Å². The van der Waals surface area contributed by atoms with Gasteiger partial charge in [-0.05, 0) is 40.4 Å². The first-order valence-electron chi connectivity index (χ1n) is 5.95. The molecule has 2 heterocycles. The molecule has 0 radical (unpaired) electrons. The molecule has 3 aromatic rings. The van der Waals surface area contributed by atoms with E-state index < -0.39 is 0 Å². The molecule has 0 amide bonds. The minimum atomic E-state index is 0.0208. The number of carbonyl (C=O) groups excluding carboxylic acids is 1. The Morgan fingerprint density at radius 2 is 2.21 bits per heavy atom. The Bertz CT molecular complexity index is 727. The minimum absolute atomic E-state index is 0.0208. The van der Waals surface area contributed by atoms with Crippen molar-refractivity contribution < 1.29 is 4.79 Å². The van der Waals surface area contributed by atoms with Crippen LogP contribution in [0.4, 0.5) is 0 Å². The van der Waals surface area contributed by atoms with Crippen LogP contribution >= 0.6 is 27.3 Å². The molecule has 5 heteroatoms. The lowest BCUT2D eigenvalue weighted by Gasteiger charge is -2.02. The molecule has 0 aliphatic heterocycles. The number of hydrogen-bond acceptors (Lipinski definition) is 3. The lowest BCUT2D eigenvalue weighted by Crippen LogP contribution is -2.09. The zero-order valence-electron chi connectivity index (χ0n) is 10.3. The Morgan fingerprint density at radius 3 is 2.95 bits per heavy atom. The number of ketones is 1.